The molecule has 0 saturated heterocycles. The summed E-state index contributed by atoms with van der Waals surface area (Å²) in [5, 5.41) is 3.15. The van der Waals surface area contributed by atoms with Gasteiger partial charge in [-0.2, -0.15) is 0 Å². The van der Waals surface area contributed by atoms with Gasteiger partial charge in [0.15, 0.2) is 0 Å². The van der Waals surface area contributed by atoms with E-state index in [1.165, 1.54) is 0 Å². The summed E-state index contributed by atoms with van der Waals surface area (Å²) in [6, 6.07) is 6.18. The lowest BCUT2D eigenvalue weighted by Gasteiger charge is -2.17. The maximum absolute atomic E-state index is 5.67. The quantitative estimate of drug-likeness (QED) is 0.651. The van der Waals surface area contributed by atoms with Crippen LogP contribution in [0, 0.1) is 13.8 Å². The number of thiazole rings is 1. The normalized spacial score (nSPS) is 12.4. The molecular weight excluding hydrogens is 258 g/mol. The van der Waals surface area contributed by atoms with E-state index in [0.717, 1.165) is 34.0 Å². The van der Waals surface area contributed by atoms with Gasteiger partial charge in [-0.3, -0.25) is 11.3 Å². The number of ether oxygens (including phenoxy) is 1. The average Bonchev–Trinajstić information content (AvgIpc) is 2.82. The van der Waals surface area contributed by atoms with Gasteiger partial charge in [0.1, 0.15) is 5.75 Å². The Kier molecular flexibility index (Phi) is 4.52. The molecule has 2 aromatic rings. The zero-order valence-corrected chi connectivity index (χ0v) is 12.3. The van der Waals surface area contributed by atoms with Crippen molar-refractivity contribution in [2.75, 3.05) is 7.11 Å². The van der Waals surface area contributed by atoms with Crippen LogP contribution in [0.1, 0.15) is 27.9 Å². The van der Waals surface area contributed by atoms with Crippen molar-refractivity contribution in [1.82, 2.24) is 10.4 Å². The summed E-state index contributed by atoms with van der Waals surface area (Å²) < 4.78 is 5.35. The number of methoxy groups -OCH3 is 1. The summed E-state index contributed by atoms with van der Waals surface area (Å²) in [5.74, 6) is 6.56. The third kappa shape index (κ3) is 3.32. The Morgan fingerprint density at radius 2 is 2.21 bits per heavy atom. The highest BCUT2D eigenvalue weighted by Crippen LogP contribution is 2.25. The lowest BCUT2D eigenvalue weighted by molar-refractivity contribution is 0.409. The number of hydrazine groups is 1. The minimum atomic E-state index is 0.0380. The third-order valence-electron chi connectivity index (χ3n) is 3.12. The highest BCUT2D eigenvalue weighted by Gasteiger charge is 2.14. The number of nitrogens with two attached hydrogens (primary N) is 1. The Hall–Kier alpha value is -1.43. The van der Waals surface area contributed by atoms with E-state index >= 15 is 0 Å². The highest BCUT2D eigenvalue weighted by molar-refractivity contribution is 7.09. The minimum Gasteiger partial charge on any atom is -0.496 e. The molecule has 19 heavy (non-hydrogen) atoms. The van der Waals surface area contributed by atoms with Gasteiger partial charge in [0, 0.05) is 11.8 Å². The van der Waals surface area contributed by atoms with E-state index in [2.05, 4.69) is 21.9 Å². The van der Waals surface area contributed by atoms with E-state index in [1.807, 2.05) is 26.0 Å². The van der Waals surface area contributed by atoms with Gasteiger partial charge < -0.3 is 4.74 Å². The van der Waals surface area contributed by atoms with Gasteiger partial charge in [0.05, 0.1) is 23.9 Å². The fraction of sp³-hybridized carbons (Fsp3) is 0.357. The van der Waals surface area contributed by atoms with Crippen molar-refractivity contribution >= 4 is 11.3 Å². The molecule has 0 amide bonds. The molecule has 4 nitrogen and oxygen atoms in total. The molecule has 1 aromatic heterocycles. The van der Waals surface area contributed by atoms with E-state index < -0.39 is 0 Å². The second-order valence-electron chi connectivity index (χ2n) is 4.51. The lowest BCUT2D eigenvalue weighted by atomic mass is 10.0. The molecule has 1 unspecified atom stereocenters. The summed E-state index contributed by atoms with van der Waals surface area (Å²) >= 11 is 1.66. The number of nitrogens with one attached hydrogen (secondary N) is 1. The first-order valence-corrected chi connectivity index (χ1v) is 7.03. The van der Waals surface area contributed by atoms with Crippen LogP contribution in [0.3, 0.4) is 0 Å². The van der Waals surface area contributed by atoms with Crippen LogP contribution in [0.4, 0.5) is 0 Å². The standard InChI is InChI=1S/C14H19N3OS/c1-9-4-5-11(6-14(9)18-3)13(17-15)7-12-8-19-10(2)16-12/h4-6,8,13,17H,7,15H2,1-3H3. The predicted octanol–water partition coefficient (Wildman–Crippen LogP) is 2.52. The van der Waals surface area contributed by atoms with Gasteiger partial charge >= 0.3 is 0 Å². The molecule has 0 aliphatic heterocycles. The molecule has 1 heterocycles. The van der Waals surface area contributed by atoms with E-state index in [4.69, 9.17) is 10.6 Å². The van der Waals surface area contributed by atoms with Crippen molar-refractivity contribution in [1.29, 1.82) is 0 Å². The number of benzene rings is 1. The molecule has 0 aliphatic rings. The molecule has 0 radical (unpaired) electrons. The molecule has 102 valence electrons. The number of aromatic nitrogens is 1. The van der Waals surface area contributed by atoms with Crippen LogP contribution in [-0.4, -0.2) is 12.1 Å². The van der Waals surface area contributed by atoms with Crippen LogP contribution in [-0.2, 0) is 6.42 Å². The van der Waals surface area contributed by atoms with E-state index in [-0.39, 0.29) is 6.04 Å². The van der Waals surface area contributed by atoms with Crippen LogP contribution in [0.5, 0.6) is 5.75 Å². The van der Waals surface area contributed by atoms with Crippen molar-refractivity contribution in [2.45, 2.75) is 26.3 Å². The molecule has 1 atom stereocenters. The molecule has 0 fully saturated rings. The summed E-state index contributed by atoms with van der Waals surface area (Å²) in [6.07, 6.45) is 0.771. The second kappa shape index (κ2) is 6.14. The maximum Gasteiger partial charge on any atom is 0.122 e. The Bertz CT molecular complexity index is 553. The van der Waals surface area contributed by atoms with E-state index in [0.29, 0.717) is 0 Å². The van der Waals surface area contributed by atoms with E-state index in [9.17, 15) is 0 Å². The monoisotopic (exact) mass is 277 g/mol. The molecule has 5 heteroatoms. The molecule has 3 N–H and O–H groups in total. The molecule has 1 aromatic carbocycles. The van der Waals surface area contributed by atoms with Gasteiger partial charge in [-0.1, -0.05) is 12.1 Å². The van der Waals surface area contributed by atoms with Crippen molar-refractivity contribution in [2.24, 2.45) is 5.84 Å². The van der Waals surface area contributed by atoms with Gasteiger partial charge in [-0.25, -0.2) is 4.98 Å². The minimum absolute atomic E-state index is 0.0380. The largest absolute Gasteiger partial charge is 0.496 e. The molecular formula is C14H19N3OS. The van der Waals surface area contributed by atoms with Crippen molar-refractivity contribution in [3.8, 4) is 5.75 Å². The van der Waals surface area contributed by atoms with Crippen LogP contribution in [0.2, 0.25) is 0 Å². The summed E-state index contributed by atoms with van der Waals surface area (Å²) in [4.78, 5) is 4.48. The van der Waals surface area contributed by atoms with Crippen LogP contribution < -0.4 is 16.0 Å². The molecule has 0 spiro atoms. The lowest BCUT2D eigenvalue weighted by Crippen LogP contribution is -2.29. The topological polar surface area (TPSA) is 60.2 Å². The average molecular weight is 277 g/mol. The predicted molar refractivity (Wildman–Crippen MR) is 78.4 cm³/mol. The van der Waals surface area contributed by atoms with Crippen LogP contribution in [0.25, 0.3) is 0 Å². The Morgan fingerprint density at radius 1 is 1.42 bits per heavy atom. The fourth-order valence-corrected chi connectivity index (χ4v) is 2.66. The fourth-order valence-electron chi connectivity index (χ4n) is 2.04. The molecule has 0 aliphatic carbocycles. The Balaban J connectivity index is 2.21. The number of aryl methyl sites for hydroxylation is 2. The molecule has 0 saturated carbocycles. The summed E-state index contributed by atoms with van der Waals surface area (Å²) in [5.41, 5.74) is 6.14. The number of rotatable bonds is 5. The van der Waals surface area contributed by atoms with Crippen molar-refractivity contribution in [3.63, 3.8) is 0 Å². The first-order valence-electron chi connectivity index (χ1n) is 6.15. The Labute approximate surface area is 117 Å². The van der Waals surface area contributed by atoms with Gasteiger partial charge in [-0.05, 0) is 31.0 Å². The molecule has 2 rings (SSSR count). The van der Waals surface area contributed by atoms with Crippen LogP contribution >= 0.6 is 11.3 Å². The molecule has 0 bridgehead atoms. The van der Waals surface area contributed by atoms with Gasteiger partial charge in [-0.15, -0.1) is 11.3 Å². The summed E-state index contributed by atoms with van der Waals surface area (Å²) in [6.45, 7) is 4.03. The van der Waals surface area contributed by atoms with Crippen molar-refractivity contribution < 1.29 is 4.74 Å². The zero-order chi connectivity index (χ0) is 13.8. The van der Waals surface area contributed by atoms with Crippen LogP contribution in [0.15, 0.2) is 23.6 Å². The third-order valence-corrected chi connectivity index (χ3v) is 3.94. The van der Waals surface area contributed by atoms with E-state index in [1.54, 1.807) is 18.4 Å². The number of hydrogen-bond donors (Lipinski definition) is 2. The Morgan fingerprint density at radius 3 is 2.79 bits per heavy atom. The number of nitrogens with zero attached hydrogens (tertiary/aromatic N) is 1. The first kappa shape index (κ1) is 14.0. The number of hydrogen-bond acceptors (Lipinski definition) is 5. The summed E-state index contributed by atoms with van der Waals surface area (Å²) in [7, 11) is 1.68. The zero-order valence-electron chi connectivity index (χ0n) is 11.4. The highest BCUT2D eigenvalue weighted by atomic mass is 32.1. The van der Waals surface area contributed by atoms with Gasteiger partial charge in [0.25, 0.3) is 0 Å². The van der Waals surface area contributed by atoms with Crippen molar-refractivity contribution in [3.05, 3.63) is 45.4 Å². The van der Waals surface area contributed by atoms with Gasteiger partial charge in [0.2, 0.25) is 0 Å². The maximum atomic E-state index is 5.67. The SMILES string of the molecule is COc1cc(C(Cc2csc(C)n2)NN)ccc1C. The smallest absolute Gasteiger partial charge is 0.122 e. The first-order chi connectivity index (χ1) is 9.13. The second-order valence-corrected chi connectivity index (χ2v) is 5.57.